The van der Waals surface area contributed by atoms with Gasteiger partial charge in [0.2, 0.25) is 0 Å². The van der Waals surface area contributed by atoms with Crippen LogP contribution in [0.3, 0.4) is 0 Å². The monoisotopic (exact) mass is 268 g/mol. The van der Waals surface area contributed by atoms with E-state index in [0.717, 1.165) is 9.75 Å². The molecule has 18 heavy (non-hydrogen) atoms. The number of esters is 1. The van der Waals surface area contributed by atoms with Gasteiger partial charge in [-0.15, -0.1) is 11.3 Å². The highest BCUT2D eigenvalue weighted by Gasteiger charge is 2.21. The van der Waals surface area contributed by atoms with Gasteiger partial charge in [-0.2, -0.15) is 0 Å². The maximum atomic E-state index is 11.7. The summed E-state index contributed by atoms with van der Waals surface area (Å²) in [6.45, 7) is 3.00. The second-order valence-electron chi connectivity index (χ2n) is 3.67. The molecule has 1 aromatic rings. The first kappa shape index (κ1) is 14.5. The van der Waals surface area contributed by atoms with Crippen LogP contribution in [0.15, 0.2) is 17.2 Å². The van der Waals surface area contributed by atoms with Crippen molar-refractivity contribution in [1.82, 2.24) is 5.32 Å². The SMILES string of the molecule is COC(=O)C(NCCCN=[N+]=[N-])c1ccc(C)s1. The molecule has 1 aromatic heterocycles. The standard InChI is InChI=1S/C11H16N4O2S/c1-8-4-5-9(18-8)10(11(16)17-2)13-6-3-7-14-15-12/h4-5,10,13H,3,6-7H2,1-2H3. The molecule has 98 valence electrons. The zero-order valence-corrected chi connectivity index (χ0v) is 11.2. The number of hydrogen-bond acceptors (Lipinski definition) is 5. The molecule has 0 bridgehead atoms. The van der Waals surface area contributed by atoms with E-state index in [4.69, 9.17) is 10.3 Å². The van der Waals surface area contributed by atoms with Gasteiger partial charge in [-0.1, -0.05) is 5.11 Å². The number of hydrogen-bond donors (Lipinski definition) is 1. The number of thiophene rings is 1. The molecular formula is C11H16N4O2S. The molecule has 1 atom stereocenters. The molecule has 1 N–H and O–H groups in total. The van der Waals surface area contributed by atoms with Crippen molar-refractivity contribution in [2.75, 3.05) is 20.2 Å². The predicted molar refractivity (Wildman–Crippen MR) is 70.4 cm³/mol. The third-order valence-electron chi connectivity index (χ3n) is 2.33. The quantitative estimate of drug-likeness (QED) is 0.271. The molecule has 7 heteroatoms. The lowest BCUT2D eigenvalue weighted by atomic mass is 10.2. The van der Waals surface area contributed by atoms with Gasteiger partial charge in [-0.05, 0) is 37.6 Å². The fourth-order valence-electron chi connectivity index (χ4n) is 1.47. The molecule has 1 rings (SSSR count). The number of carbonyl (C=O) groups excluding carboxylic acids is 1. The van der Waals surface area contributed by atoms with E-state index in [2.05, 4.69) is 15.3 Å². The van der Waals surface area contributed by atoms with Crippen molar-refractivity contribution in [3.05, 3.63) is 32.3 Å². The number of nitrogens with one attached hydrogen (secondary N) is 1. The van der Waals surface area contributed by atoms with E-state index >= 15 is 0 Å². The molecular weight excluding hydrogens is 252 g/mol. The van der Waals surface area contributed by atoms with Gasteiger partial charge in [-0.25, -0.2) is 4.79 Å². The fourth-order valence-corrected chi connectivity index (χ4v) is 2.41. The van der Waals surface area contributed by atoms with Crippen LogP contribution >= 0.6 is 11.3 Å². The largest absolute Gasteiger partial charge is 0.468 e. The van der Waals surface area contributed by atoms with Crippen LogP contribution in [0.4, 0.5) is 0 Å². The van der Waals surface area contributed by atoms with Gasteiger partial charge in [0.1, 0.15) is 6.04 Å². The Morgan fingerprint density at radius 2 is 2.44 bits per heavy atom. The van der Waals surface area contributed by atoms with Crippen LogP contribution in [-0.4, -0.2) is 26.2 Å². The van der Waals surface area contributed by atoms with E-state index < -0.39 is 6.04 Å². The van der Waals surface area contributed by atoms with Crippen LogP contribution in [0.1, 0.15) is 22.2 Å². The lowest BCUT2D eigenvalue weighted by molar-refractivity contribution is -0.143. The maximum absolute atomic E-state index is 11.7. The summed E-state index contributed by atoms with van der Waals surface area (Å²) in [4.78, 5) is 16.4. The Hall–Kier alpha value is -1.56. The third kappa shape index (κ3) is 4.37. The number of azide groups is 1. The van der Waals surface area contributed by atoms with Gasteiger partial charge in [0.05, 0.1) is 7.11 Å². The van der Waals surface area contributed by atoms with Crippen molar-refractivity contribution in [1.29, 1.82) is 0 Å². The minimum atomic E-state index is -0.445. The summed E-state index contributed by atoms with van der Waals surface area (Å²) in [6.07, 6.45) is 0.682. The molecule has 0 amide bonds. The van der Waals surface area contributed by atoms with E-state index in [-0.39, 0.29) is 5.97 Å². The Morgan fingerprint density at radius 3 is 3.00 bits per heavy atom. The normalized spacial score (nSPS) is 11.7. The Labute approximate surface area is 110 Å². The lowest BCUT2D eigenvalue weighted by Crippen LogP contribution is -2.30. The summed E-state index contributed by atoms with van der Waals surface area (Å²) >= 11 is 1.56. The highest BCUT2D eigenvalue weighted by Crippen LogP contribution is 2.23. The highest BCUT2D eigenvalue weighted by atomic mass is 32.1. The number of ether oxygens (including phenoxy) is 1. The first-order valence-corrected chi connectivity index (χ1v) is 6.39. The van der Waals surface area contributed by atoms with E-state index in [0.29, 0.717) is 19.5 Å². The molecule has 0 aliphatic carbocycles. The van der Waals surface area contributed by atoms with E-state index in [1.807, 2.05) is 19.1 Å². The number of methoxy groups -OCH3 is 1. The van der Waals surface area contributed by atoms with Crippen LogP contribution in [0.2, 0.25) is 0 Å². The molecule has 0 aliphatic heterocycles. The van der Waals surface area contributed by atoms with Crippen LogP contribution in [-0.2, 0) is 9.53 Å². The van der Waals surface area contributed by atoms with Crippen molar-refractivity contribution in [3.63, 3.8) is 0 Å². The zero-order chi connectivity index (χ0) is 13.4. The minimum absolute atomic E-state index is 0.305. The van der Waals surface area contributed by atoms with Crippen LogP contribution in [0, 0.1) is 6.92 Å². The predicted octanol–water partition coefficient (Wildman–Crippen LogP) is 2.56. The van der Waals surface area contributed by atoms with Crippen LogP contribution in [0.25, 0.3) is 10.4 Å². The van der Waals surface area contributed by atoms with Gasteiger partial charge in [0.25, 0.3) is 0 Å². The molecule has 0 fully saturated rings. The highest BCUT2D eigenvalue weighted by molar-refractivity contribution is 7.12. The Morgan fingerprint density at radius 1 is 1.67 bits per heavy atom. The van der Waals surface area contributed by atoms with Crippen LogP contribution in [0.5, 0.6) is 0 Å². The molecule has 1 unspecified atom stereocenters. The topological polar surface area (TPSA) is 87.1 Å². The van der Waals surface area contributed by atoms with Crippen molar-refractivity contribution in [2.45, 2.75) is 19.4 Å². The van der Waals surface area contributed by atoms with E-state index in [1.165, 1.54) is 7.11 Å². The third-order valence-corrected chi connectivity index (χ3v) is 3.39. The zero-order valence-electron chi connectivity index (χ0n) is 10.4. The molecule has 0 saturated carbocycles. The second kappa shape index (κ2) is 7.71. The Bertz CT molecular complexity index is 440. The summed E-state index contributed by atoms with van der Waals surface area (Å²) in [6, 6.07) is 3.44. The molecule has 6 nitrogen and oxygen atoms in total. The molecule has 0 saturated heterocycles. The maximum Gasteiger partial charge on any atom is 0.328 e. The number of carbonyl (C=O) groups is 1. The smallest absolute Gasteiger partial charge is 0.328 e. The van der Waals surface area contributed by atoms with Gasteiger partial charge in [0, 0.05) is 21.2 Å². The van der Waals surface area contributed by atoms with E-state index in [1.54, 1.807) is 11.3 Å². The molecule has 0 radical (unpaired) electrons. The lowest BCUT2D eigenvalue weighted by Gasteiger charge is -2.14. The minimum Gasteiger partial charge on any atom is -0.468 e. The van der Waals surface area contributed by atoms with Gasteiger partial charge in [0.15, 0.2) is 0 Å². The first-order valence-electron chi connectivity index (χ1n) is 5.57. The van der Waals surface area contributed by atoms with Gasteiger partial charge in [-0.3, -0.25) is 0 Å². The summed E-state index contributed by atoms with van der Waals surface area (Å²) in [7, 11) is 1.37. The summed E-state index contributed by atoms with van der Waals surface area (Å²) < 4.78 is 4.78. The van der Waals surface area contributed by atoms with Crippen molar-refractivity contribution < 1.29 is 9.53 Å². The van der Waals surface area contributed by atoms with E-state index in [9.17, 15) is 4.79 Å². The van der Waals surface area contributed by atoms with Crippen molar-refractivity contribution >= 4 is 17.3 Å². The van der Waals surface area contributed by atoms with Gasteiger partial charge >= 0.3 is 5.97 Å². The average molecular weight is 268 g/mol. The van der Waals surface area contributed by atoms with Gasteiger partial charge < -0.3 is 10.1 Å². The Kier molecular flexibility index (Phi) is 6.21. The number of rotatable bonds is 7. The van der Waals surface area contributed by atoms with Crippen molar-refractivity contribution in [2.24, 2.45) is 5.11 Å². The van der Waals surface area contributed by atoms with Crippen molar-refractivity contribution in [3.8, 4) is 0 Å². The molecule has 1 heterocycles. The Balaban J connectivity index is 2.57. The number of aryl methyl sites for hydroxylation is 1. The molecule has 0 aliphatic rings. The van der Waals surface area contributed by atoms with Crippen LogP contribution < -0.4 is 5.32 Å². The average Bonchev–Trinajstić information content (AvgIpc) is 2.79. The summed E-state index contributed by atoms with van der Waals surface area (Å²) in [5.41, 5.74) is 8.15. The molecule has 0 spiro atoms. The molecule has 0 aromatic carbocycles. The first-order chi connectivity index (χ1) is 8.69. The second-order valence-corrected chi connectivity index (χ2v) is 4.99. The summed E-state index contributed by atoms with van der Waals surface area (Å²) in [5, 5.41) is 6.55. The number of nitrogens with zero attached hydrogens (tertiary/aromatic N) is 3. The summed E-state index contributed by atoms with van der Waals surface area (Å²) in [5.74, 6) is -0.305. The fraction of sp³-hybridized carbons (Fsp3) is 0.545.